The largest absolute Gasteiger partial charge is 0.416 e. The number of piperidine rings is 1. The molecule has 0 unspecified atom stereocenters. The molecule has 38 heavy (non-hydrogen) atoms. The molecule has 2 saturated heterocycles. The first-order valence-corrected chi connectivity index (χ1v) is 13.2. The van der Waals surface area contributed by atoms with Crippen molar-refractivity contribution in [3.8, 4) is 0 Å². The SMILES string of the molecule is CCN1CC[C@H](N2C(=O)S/C(=C(/Cc3ccc(Cl)cc3C(F)(F)F)c3ccc4[nH]ncc4c3)C2=O)[C@@H](F)C1. The van der Waals surface area contributed by atoms with Gasteiger partial charge < -0.3 is 4.90 Å². The van der Waals surface area contributed by atoms with Crippen LogP contribution in [-0.4, -0.2) is 63.0 Å². The molecule has 2 fully saturated rings. The van der Waals surface area contributed by atoms with E-state index in [4.69, 9.17) is 11.6 Å². The number of aromatic nitrogens is 2. The Balaban J connectivity index is 1.60. The van der Waals surface area contributed by atoms with Gasteiger partial charge in [0.05, 0.1) is 28.2 Å². The summed E-state index contributed by atoms with van der Waals surface area (Å²) in [6, 6.07) is 7.59. The molecule has 6 nitrogen and oxygen atoms in total. The topological polar surface area (TPSA) is 69.3 Å². The van der Waals surface area contributed by atoms with Crippen LogP contribution in [0.4, 0.5) is 22.4 Å². The molecule has 0 radical (unpaired) electrons. The van der Waals surface area contributed by atoms with Crippen molar-refractivity contribution < 1.29 is 27.2 Å². The standard InChI is InChI=1S/C26H23ClF4N4O2S/c1-2-34-8-7-22(20(28)13-34)35-24(36)23(38-25(35)37)18(14-4-6-21-16(9-14)12-32-33-21)10-15-3-5-17(27)11-19(15)26(29,30)31/h3-6,9,11-12,20,22H,2,7-8,10,13H2,1H3,(H,32,33)/b23-18-/t20-,22-/m0/s1. The second-order valence-corrected chi connectivity index (χ2v) is 10.7. The molecule has 1 N–H and O–H groups in total. The van der Waals surface area contributed by atoms with Crippen LogP contribution < -0.4 is 0 Å². The Hall–Kier alpha value is -2.89. The van der Waals surface area contributed by atoms with Crippen molar-refractivity contribution >= 4 is 51.0 Å². The highest BCUT2D eigenvalue weighted by molar-refractivity contribution is 8.18. The second-order valence-electron chi connectivity index (χ2n) is 9.26. The third-order valence-corrected chi connectivity index (χ3v) is 8.21. The maximum atomic E-state index is 15.1. The molecule has 0 aliphatic carbocycles. The minimum Gasteiger partial charge on any atom is -0.301 e. The van der Waals surface area contributed by atoms with Crippen LogP contribution >= 0.6 is 23.4 Å². The number of carbonyl (C=O) groups is 2. The van der Waals surface area contributed by atoms with E-state index in [1.165, 1.54) is 12.1 Å². The van der Waals surface area contributed by atoms with Gasteiger partial charge in [0.1, 0.15) is 6.17 Å². The van der Waals surface area contributed by atoms with Crippen molar-refractivity contribution in [3.05, 3.63) is 69.2 Å². The fraction of sp³-hybridized carbons (Fsp3) is 0.346. The third kappa shape index (κ3) is 5.06. The molecule has 200 valence electrons. The number of amides is 2. The van der Waals surface area contributed by atoms with Gasteiger partial charge in [-0.25, -0.2) is 4.39 Å². The molecule has 0 spiro atoms. The summed E-state index contributed by atoms with van der Waals surface area (Å²) < 4.78 is 56.8. The zero-order chi connectivity index (χ0) is 27.2. The summed E-state index contributed by atoms with van der Waals surface area (Å²) >= 11 is 6.50. The van der Waals surface area contributed by atoms with E-state index in [9.17, 15) is 22.8 Å². The number of thioether (sulfide) groups is 1. The lowest BCUT2D eigenvalue weighted by molar-refractivity contribution is -0.138. The Morgan fingerprint density at radius 1 is 1.21 bits per heavy atom. The molecular weight excluding hydrogens is 544 g/mol. The number of hydrogen-bond donors (Lipinski definition) is 1. The molecule has 3 aromatic rings. The van der Waals surface area contributed by atoms with Gasteiger partial charge in [-0.05, 0) is 72.1 Å². The van der Waals surface area contributed by atoms with E-state index in [-0.39, 0.29) is 40.5 Å². The van der Waals surface area contributed by atoms with E-state index in [2.05, 4.69) is 10.2 Å². The summed E-state index contributed by atoms with van der Waals surface area (Å²) in [6.45, 7) is 3.20. The monoisotopic (exact) mass is 566 g/mol. The Morgan fingerprint density at radius 3 is 2.71 bits per heavy atom. The molecule has 0 saturated carbocycles. The lowest BCUT2D eigenvalue weighted by Crippen LogP contribution is -2.53. The molecular formula is C26H23ClF4N4O2S. The zero-order valence-corrected chi connectivity index (χ0v) is 21.8. The van der Waals surface area contributed by atoms with Crippen LogP contribution in [0, 0.1) is 0 Å². The Labute approximate surface area is 225 Å². The summed E-state index contributed by atoms with van der Waals surface area (Å²) in [6.07, 6.45) is -4.56. The van der Waals surface area contributed by atoms with E-state index in [0.29, 0.717) is 41.3 Å². The van der Waals surface area contributed by atoms with Crippen molar-refractivity contribution in [2.24, 2.45) is 0 Å². The van der Waals surface area contributed by atoms with Crippen LogP contribution in [0.3, 0.4) is 0 Å². The minimum atomic E-state index is -4.69. The van der Waals surface area contributed by atoms with Crippen LogP contribution in [0.25, 0.3) is 16.5 Å². The van der Waals surface area contributed by atoms with Gasteiger partial charge in [-0.3, -0.25) is 19.6 Å². The van der Waals surface area contributed by atoms with Gasteiger partial charge in [-0.15, -0.1) is 0 Å². The normalized spacial score (nSPS) is 22.5. The fourth-order valence-corrected chi connectivity index (χ4v) is 6.15. The lowest BCUT2D eigenvalue weighted by atomic mass is 9.93. The first-order valence-electron chi connectivity index (χ1n) is 12.0. The molecule has 2 aromatic carbocycles. The number of aromatic amines is 1. The zero-order valence-electron chi connectivity index (χ0n) is 20.2. The summed E-state index contributed by atoms with van der Waals surface area (Å²) in [5.74, 6) is -0.692. The van der Waals surface area contributed by atoms with Crippen molar-refractivity contribution in [3.63, 3.8) is 0 Å². The maximum absolute atomic E-state index is 15.1. The highest BCUT2D eigenvalue weighted by atomic mass is 35.5. The smallest absolute Gasteiger partial charge is 0.301 e. The summed E-state index contributed by atoms with van der Waals surface area (Å²) in [5.41, 5.74) is 0.377. The number of alkyl halides is 4. The quantitative estimate of drug-likeness (QED) is 0.289. The van der Waals surface area contributed by atoms with Gasteiger partial charge in [0.2, 0.25) is 0 Å². The molecule has 2 aliphatic rings. The van der Waals surface area contributed by atoms with Gasteiger partial charge in [0.25, 0.3) is 11.1 Å². The van der Waals surface area contributed by atoms with Crippen LogP contribution in [-0.2, 0) is 17.4 Å². The predicted octanol–water partition coefficient (Wildman–Crippen LogP) is 6.32. The number of allylic oxidation sites excluding steroid dienone is 1. The van der Waals surface area contributed by atoms with E-state index in [0.717, 1.165) is 11.0 Å². The molecule has 1 aromatic heterocycles. The number of nitrogens with zero attached hydrogens (tertiary/aromatic N) is 3. The first-order chi connectivity index (χ1) is 18.1. The minimum absolute atomic E-state index is 0.00830. The van der Waals surface area contributed by atoms with Crippen LogP contribution in [0.5, 0.6) is 0 Å². The number of hydrogen-bond acceptors (Lipinski definition) is 5. The molecule has 2 amide bonds. The number of H-pyrrole nitrogens is 1. The van der Waals surface area contributed by atoms with Crippen molar-refractivity contribution in [1.29, 1.82) is 0 Å². The van der Waals surface area contributed by atoms with Crippen molar-refractivity contribution in [2.75, 3.05) is 19.6 Å². The Kier molecular flexibility index (Phi) is 7.27. The van der Waals surface area contributed by atoms with Crippen LogP contribution in [0.1, 0.15) is 30.0 Å². The first kappa shape index (κ1) is 26.7. The molecule has 5 rings (SSSR count). The summed E-state index contributed by atoms with van der Waals surface area (Å²) in [7, 11) is 0. The lowest BCUT2D eigenvalue weighted by Gasteiger charge is -2.37. The number of imide groups is 1. The molecule has 3 heterocycles. The molecule has 2 aliphatic heterocycles. The maximum Gasteiger partial charge on any atom is 0.416 e. The Bertz CT molecular complexity index is 1440. The van der Waals surface area contributed by atoms with E-state index in [1.54, 1.807) is 24.4 Å². The average Bonchev–Trinajstić information content (AvgIpc) is 3.46. The number of rotatable bonds is 5. The third-order valence-electron chi connectivity index (χ3n) is 6.98. The number of halogens is 5. The number of likely N-dealkylation sites (tertiary alicyclic amines) is 1. The highest BCUT2D eigenvalue weighted by Crippen LogP contribution is 2.43. The average molecular weight is 567 g/mol. The van der Waals surface area contributed by atoms with Crippen molar-refractivity contribution in [1.82, 2.24) is 20.0 Å². The van der Waals surface area contributed by atoms with Crippen LogP contribution in [0.2, 0.25) is 5.02 Å². The van der Waals surface area contributed by atoms with E-state index in [1.807, 2.05) is 11.8 Å². The van der Waals surface area contributed by atoms with Crippen molar-refractivity contribution in [2.45, 2.75) is 38.2 Å². The van der Waals surface area contributed by atoms with Gasteiger partial charge in [-0.1, -0.05) is 30.7 Å². The number of carbonyl (C=O) groups excluding carboxylic acids is 2. The second kappa shape index (κ2) is 10.3. The molecule has 12 heteroatoms. The fourth-order valence-electron chi connectivity index (χ4n) is 4.98. The van der Waals surface area contributed by atoms with E-state index >= 15 is 4.39 Å². The number of nitrogens with one attached hydrogen (secondary N) is 1. The van der Waals surface area contributed by atoms with E-state index < -0.39 is 35.1 Å². The van der Waals surface area contributed by atoms with Gasteiger partial charge in [0.15, 0.2) is 0 Å². The Morgan fingerprint density at radius 2 is 2.00 bits per heavy atom. The predicted molar refractivity (Wildman–Crippen MR) is 138 cm³/mol. The van der Waals surface area contributed by atoms with Gasteiger partial charge in [0, 0.05) is 23.5 Å². The number of fused-ring (bicyclic) bond motifs is 1. The summed E-state index contributed by atoms with van der Waals surface area (Å²) in [4.78, 5) is 29.6. The molecule has 2 atom stereocenters. The molecule has 0 bridgehead atoms. The van der Waals surface area contributed by atoms with Crippen LogP contribution in [0.15, 0.2) is 47.5 Å². The van der Waals surface area contributed by atoms with Gasteiger partial charge >= 0.3 is 6.18 Å². The number of benzene rings is 2. The highest BCUT2D eigenvalue weighted by Gasteiger charge is 2.46. The van der Waals surface area contributed by atoms with Gasteiger partial charge in [-0.2, -0.15) is 18.3 Å². The summed E-state index contributed by atoms with van der Waals surface area (Å²) in [5, 5.41) is 6.77.